The van der Waals surface area contributed by atoms with Crippen LogP contribution in [0, 0.1) is 18.8 Å². The Bertz CT molecular complexity index is 951. The largest absolute Gasteiger partial charge is 0.475 e. The Morgan fingerprint density at radius 1 is 1.15 bits per heavy atom. The second-order valence-electron chi connectivity index (χ2n) is 8.55. The highest BCUT2D eigenvalue weighted by atomic mass is 16.4. The molecule has 10 heteroatoms. The van der Waals surface area contributed by atoms with Crippen molar-refractivity contribution in [2.24, 2.45) is 11.8 Å². The van der Waals surface area contributed by atoms with Gasteiger partial charge in [-0.1, -0.05) is 37.0 Å². The van der Waals surface area contributed by atoms with Gasteiger partial charge in [0.25, 0.3) is 5.91 Å². The van der Waals surface area contributed by atoms with Crippen molar-refractivity contribution in [1.29, 1.82) is 0 Å². The first-order valence-electron chi connectivity index (χ1n) is 11.1. The van der Waals surface area contributed by atoms with Crippen LogP contribution in [0.25, 0.3) is 0 Å². The van der Waals surface area contributed by atoms with Gasteiger partial charge in [0.05, 0.1) is 18.1 Å². The Morgan fingerprint density at radius 2 is 1.88 bits per heavy atom. The number of hydrogen-bond acceptors (Lipinski definition) is 7. The quantitative estimate of drug-likeness (QED) is 0.295. The molecule has 1 aliphatic rings. The van der Waals surface area contributed by atoms with Crippen LogP contribution < -0.4 is 10.6 Å². The fourth-order valence-electron chi connectivity index (χ4n) is 3.70. The Kier molecular flexibility index (Phi) is 8.68. The van der Waals surface area contributed by atoms with Gasteiger partial charge in [0, 0.05) is 30.9 Å². The van der Waals surface area contributed by atoms with Crippen LogP contribution in [0.5, 0.6) is 0 Å². The molecular formula is C23H29BN4O5. The van der Waals surface area contributed by atoms with E-state index in [1.165, 1.54) is 18.6 Å². The number of nitrogens with one attached hydrogen (secondary N) is 2. The van der Waals surface area contributed by atoms with Gasteiger partial charge >= 0.3 is 7.12 Å². The molecule has 174 valence electrons. The van der Waals surface area contributed by atoms with Gasteiger partial charge in [-0.3, -0.25) is 19.4 Å². The lowest BCUT2D eigenvalue weighted by molar-refractivity contribution is -0.125. The molecule has 2 atom stereocenters. The van der Waals surface area contributed by atoms with Crippen LogP contribution in [0.4, 0.5) is 0 Å². The van der Waals surface area contributed by atoms with Gasteiger partial charge < -0.3 is 20.7 Å². The highest BCUT2D eigenvalue weighted by Crippen LogP contribution is 2.30. The number of benzene rings is 1. The van der Waals surface area contributed by atoms with E-state index in [9.17, 15) is 24.4 Å². The summed E-state index contributed by atoms with van der Waals surface area (Å²) in [7, 11) is -1.71. The van der Waals surface area contributed by atoms with E-state index in [2.05, 4.69) is 20.6 Å². The first kappa shape index (κ1) is 24.5. The van der Waals surface area contributed by atoms with Crippen LogP contribution >= 0.6 is 0 Å². The topological polar surface area (TPSA) is 142 Å². The molecule has 1 aromatic heterocycles. The molecular weight excluding hydrogens is 423 g/mol. The summed E-state index contributed by atoms with van der Waals surface area (Å²) < 4.78 is 0. The van der Waals surface area contributed by atoms with Crippen LogP contribution in [0.1, 0.15) is 58.5 Å². The molecule has 0 aliphatic heterocycles. The fraction of sp³-hybridized carbons (Fsp3) is 0.435. The Labute approximate surface area is 193 Å². The van der Waals surface area contributed by atoms with Crippen molar-refractivity contribution in [3.8, 4) is 0 Å². The molecule has 2 aromatic rings. The van der Waals surface area contributed by atoms with Crippen molar-refractivity contribution < 1.29 is 24.4 Å². The second kappa shape index (κ2) is 11.7. The SMILES string of the molecule is Cc1ccc(C(=O)NC[C@H](CC(=O)c2cnccn2)C(=O)N[C@@H](CC2CCC2)B(O)O)cc1. The summed E-state index contributed by atoms with van der Waals surface area (Å²) in [6, 6.07) is 6.98. The summed E-state index contributed by atoms with van der Waals surface area (Å²) in [5.74, 6) is -2.73. The molecule has 0 radical (unpaired) electrons. The third-order valence-electron chi connectivity index (χ3n) is 5.97. The van der Waals surface area contributed by atoms with E-state index < -0.39 is 30.7 Å². The number of amides is 2. The number of carbonyl (C=O) groups is 3. The summed E-state index contributed by atoms with van der Waals surface area (Å²) in [4.78, 5) is 46.1. The van der Waals surface area contributed by atoms with E-state index in [1.54, 1.807) is 12.1 Å². The molecule has 1 aliphatic carbocycles. The van der Waals surface area contributed by atoms with Gasteiger partial charge in [-0.15, -0.1) is 0 Å². The van der Waals surface area contributed by atoms with E-state index >= 15 is 0 Å². The van der Waals surface area contributed by atoms with Crippen molar-refractivity contribution >= 4 is 24.7 Å². The third-order valence-corrected chi connectivity index (χ3v) is 5.97. The van der Waals surface area contributed by atoms with Crippen LogP contribution in [0.15, 0.2) is 42.9 Å². The van der Waals surface area contributed by atoms with Crippen molar-refractivity contribution in [3.63, 3.8) is 0 Å². The molecule has 0 unspecified atom stereocenters. The van der Waals surface area contributed by atoms with E-state index in [4.69, 9.17) is 0 Å². The van der Waals surface area contributed by atoms with Crippen LogP contribution in [0.2, 0.25) is 0 Å². The Hall–Kier alpha value is -3.11. The molecule has 9 nitrogen and oxygen atoms in total. The standard InChI is InChI=1S/C23H29BN4O5/c1-15-5-7-17(8-6-15)22(30)27-13-18(12-20(29)19-14-25-9-10-26-19)23(31)28-21(24(32)33)11-16-3-2-4-16/h5-10,14,16,18,21,32-33H,2-4,11-13H2,1H3,(H,27,30)(H,28,31)/t18-,21-/m0/s1. The number of rotatable bonds is 11. The second-order valence-corrected chi connectivity index (χ2v) is 8.55. The monoisotopic (exact) mass is 452 g/mol. The minimum Gasteiger partial charge on any atom is -0.426 e. The zero-order valence-corrected chi connectivity index (χ0v) is 18.6. The number of Topliss-reactive ketones (excluding diaryl/α,β-unsaturated/α-hetero) is 1. The van der Waals surface area contributed by atoms with Crippen LogP contribution in [-0.4, -0.2) is 57.2 Å². The van der Waals surface area contributed by atoms with Crippen molar-refractivity contribution in [2.75, 3.05) is 6.54 Å². The first-order valence-corrected chi connectivity index (χ1v) is 11.1. The molecule has 3 rings (SSSR count). The molecule has 1 fully saturated rings. The predicted molar refractivity (Wildman–Crippen MR) is 122 cm³/mol. The first-order chi connectivity index (χ1) is 15.8. The molecule has 2 amide bonds. The maximum absolute atomic E-state index is 13.0. The predicted octanol–water partition coefficient (Wildman–Crippen LogP) is 1.09. The minimum absolute atomic E-state index is 0.0950. The number of hydrogen-bond donors (Lipinski definition) is 4. The summed E-state index contributed by atoms with van der Waals surface area (Å²) in [6.07, 6.45) is 7.45. The van der Waals surface area contributed by atoms with E-state index in [0.29, 0.717) is 17.9 Å². The van der Waals surface area contributed by atoms with E-state index in [1.807, 2.05) is 19.1 Å². The zero-order valence-electron chi connectivity index (χ0n) is 18.6. The third kappa shape index (κ3) is 7.20. The number of carbonyl (C=O) groups excluding carboxylic acids is 3. The lowest BCUT2D eigenvalue weighted by atomic mass is 9.69. The van der Waals surface area contributed by atoms with Gasteiger partial charge in [-0.2, -0.15) is 0 Å². The average molecular weight is 452 g/mol. The lowest BCUT2D eigenvalue weighted by Gasteiger charge is -2.30. The average Bonchev–Trinajstić information content (AvgIpc) is 2.78. The number of ketones is 1. The highest BCUT2D eigenvalue weighted by Gasteiger charge is 2.33. The molecule has 1 heterocycles. The van der Waals surface area contributed by atoms with Crippen molar-refractivity contribution in [3.05, 3.63) is 59.7 Å². The maximum atomic E-state index is 13.0. The molecule has 1 aromatic carbocycles. The highest BCUT2D eigenvalue weighted by molar-refractivity contribution is 6.43. The Morgan fingerprint density at radius 3 is 2.45 bits per heavy atom. The number of nitrogens with zero attached hydrogens (tertiary/aromatic N) is 2. The molecule has 0 spiro atoms. The molecule has 0 saturated heterocycles. The lowest BCUT2D eigenvalue weighted by Crippen LogP contribution is -2.51. The summed E-state index contributed by atoms with van der Waals surface area (Å²) in [5.41, 5.74) is 1.57. The zero-order chi connectivity index (χ0) is 23.8. The number of aromatic nitrogens is 2. The van der Waals surface area contributed by atoms with Gasteiger partial charge in [-0.05, 0) is 31.4 Å². The Balaban J connectivity index is 1.69. The van der Waals surface area contributed by atoms with Crippen LogP contribution in [-0.2, 0) is 4.79 Å². The molecule has 33 heavy (non-hydrogen) atoms. The normalized spacial score (nSPS) is 15.1. The summed E-state index contributed by atoms with van der Waals surface area (Å²) in [6.45, 7) is 1.82. The van der Waals surface area contributed by atoms with Gasteiger partial charge in [0.15, 0.2) is 5.78 Å². The van der Waals surface area contributed by atoms with E-state index in [-0.39, 0.29) is 24.6 Å². The summed E-state index contributed by atoms with van der Waals surface area (Å²) in [5, 5.41) is 24.9. The molecule has 1 saturated carbocycles. The van der Waals surface area contributed by atoms with Crippen molar-refractivity contribution in [1.82, 2.24) is 20.6 Å². The van der Waals surface area contributed by atoms with Gasteiger partial charge in [0.2, 0.25) is 5.91 Å². The number of aryl methyl sites for hydroxylation is 1. The fourth-order valence-corrected chi connectivity index (χ4v) is 3.70. The minimum atomic E-state index is -1.71. The van der Waals surface area contributed by atoms with E-state index in [0.717, 1.165) is 24.8 Å². The molecule has 0 bridgehead atoms. The van der Waals surface area contributed by atoms with Gasteiger partial charge in [0.1, 0.15) is 5.69 Å². The summed E-state index contributed by atoms with van der Waals surface area (Å²) >= 11 is 0. The van der Waals surface area contributed by atoms with Gasteiger partial charge in [-0.25, -0.2) is 4.98 Å². The van der Waals surface area contributed by atoms with Crippen molar-refractivity contribution in [2.45, 2.75) is 45.0 Å². The molecule has 4 N–H and O–H groups in total. The maximum Gasteiger partial charge on any atom is 0.475 e. The smallest absolute Gasteiger partial charge is 0.426 e. The van der Waals surface area contributed by atoms with Crippen LogP contribution in [0.3, 0.4) is 0 Å².